The quantitative estimate of drug-likeness (QED) is 0.331. The first kappa shape index (κ1) is 19.5. The zero-order chi connectivity index (χ0) is 21.5. The van der Waals surface area contributed by atoms with E-state index in [2.05, 4.69) is 58.2 Å². The second-order valence-corrected chi connectivity index (χ2v) is 7.81. The number of pyridine rings is 1. The number of imidazole rings is 1. The largest absolute Gasteiger partial charge is 0.400 e. The number of hydrogen-bond acceptors (Lipinski definition) is 4. The lowest BCUT2D eigenvalue weighted by atomic mass is 10.0. The number of para-hydroxylation sites is 3. The van der Waals surface area contributed by atoms with Crippen LogP contribution in [0, 0.1) is 6.92 Å². The number of fused-ring (bicyclic) bond motifs is 6. The van der Waals surface area contributed by atoms with E-state index in [0.717, 1.165) is 51.7 Å². The van der Waals surface area contributed by atoms with Crippen LogP contribution in [-0.4, -0.2) is 26.8 Å². The van der Waals surface area contributed by atoms with Gasteiger partial charge in [0.1, 0.15) is 17.1 Å². The zero-order valence-electron chi connectivity index (χ0n) is 17.2. The van der Waals surface area contributed by atoms with Gasteiger partial charge < -0.3 is 10.4 Å². The first-order valence-electron chi connectivity index (χ1n) is 10.0. The highest BCUT2D eigenvalue weighted by Gasteiger charge is 2.29. The maximum absolute atomic E-state index is 7.00. The Morgan fingerprint density at radius 1 is 0.903 bits per heavy atom. The SMILES string of the molecule is CO.Cc1ccc2nc(Cl)c([C@H]3Nc4ccccc4-c4nc5ccccc5n43)cc2c1. The molecule has 0 unspecified atom stereocenters. The average molecular weight is 429 g/mol. The van der Waals surface area contributed by atoms with Crippen LogP contribution in [-0.2, 0) is 0 Å². The molecule has 0 bridgehead atoms. The second-order valence-electron chi connectivity index (χ2n) is 7.45. The molecule has 0 radical (unpaired) electrons. The van der Waals surface area contributed by atoms with Crippen LogP contribution in [0.4, 0.5) is 5.69 Å². The van der Waals surface area contributed by atoms with E-state index in [-0.39, 0.29) is 6.17 Å². The summed E-state index contributed by atoms with van der Waals surface area (Å²) >= 11 is 6.70. The van der Waals surface area contributed by atoms with Gasteiger partial charge in [-0.15, -0.1) is 0 Å². The molecule has 6 rings (SSSR count). The zero-order valence-corrected chi connectivity index (χ0v) is 17.9. The molecule has 6 heteroatoms. The Morgan fingerprint density at radius 2 is 1.68 bits per heavy atom. The summed E-state index contributed by atoms with van der Waals surface area (Å²) in [5.74, 6) is 0.936. The van der Waals surface area contributed by atoms with Crippen LogP contribution in [0.5, 0.6) is 0 Å². The van der Waals surface area contributed by atoms with Crippen LogP contribution in [0.25, 0.3) is 33.3 Å². The summed E-state index contributed by atoms with van der Waals surface area (Å²) in [5.41, 5.74) is 7.19. The molecule has 1 aliphatic heterocycles. The molecule has 31 heavy (non-hydrogen) atoms. The first-order valence-corrected chi connectivity index (χ1v) is 10.4. The van der Waals surface area contributed by atoms with Gasteiger partial charge in [-0.25, -0.2) is 9.97 Å². The van der Waals surface area contributed by atoms with Crippen LogP contribution in [0.15, 0.2) is 72.8 Å². The summed E-state index contributed by atoms with van der Waals surface area (Å²) in [6, 6.07) is 24.8. The Kier molecular flexibility index (Phi) is 4.85. The number of hydrogen-bond donors (Lipinski definition) is 2. The summed E-state index contributed by atoms with van der Waals surface area (Å²) in [6.07, 6.45) is -0.197. The molecule has 0 spiro atoms. The highest BCUT2D eigenvalue weighted by atomic mass is 35.5. The molecular weight excluding hydrogens is 408 g/mol. The molecule has 1 atom stereocenters. The summed E-state index contributed by atoms with van der Waals surface area (Å²) in [5, 5.41) is 12.2. The molecule has 0 saturated carbocycles. The van der Waals surface area contributed by atoms with Crippen molar-refractivity contribution in [2.24, 2.45) is 0 Å². The molecule has 3 heterocycles. The van der Waals surface area contributed by atoms with E-state index in [4.69, 9.17) is 21.7 Å². The van der Waals surface area contributed by atoms with Crippen LogP contribution >= 0.6 is 11.6 Å². The lowest BCUT2D eigenvalue weighted by Gasteiger charge is -2.30. The van der Waals surface area contributed by atoms with Crippen LogP contribution < -0.4 is 5.32 Å². The van der Waals surface area contributed by atoms with E-state index in [9.17, 15) is 0 Å². The fourth-order valence-corrected chi connectivity index (χ4v) is 4.46. The second kappa shape index (κ2) is 7.69. The Hall–Kier alpha value is -3.41. The van der Waals surface area contributed by atoms with Crippen molar-refractivity contribution in [1.82, 2.24) is 14.5 Å². The van der Waals surface area contributed by atoms with Gasteiger partial charge >= 0.3 is 0 Å². The van der Waals surface area contributed by atoms with Crippen LogP contribution in [0.1, 0.15) is 17.3 Å². The number of anilines is 1. The molecule has 1 aliphatic rings. The van der Waals surface area contributed by atoms with Gasteiger partial charge in [0, 0.05) is 29.3 Å². The number of nitrogens with zero attached hydrogens (tertiary/aromatic N) is 3. The third-order valence-electron chi connectivity index (χ3n) is 5.56. The van der Waals surface area contributed by atoms with Crippen molar-refractivity contribution in [2.45, 2.75) is 13.1 Å². The number of nitrogens with one attached hydrogen (secondary N) is 1. The molecule has 0 aliphatic carbocycles. The summed E-state index contributed by atoms with van der Waals surface area (Å²) < 4.78 is 2.22. The predicted molar refractivity (Wildman–Crippen MR) is 127 cm³/mol. The third kappa shape index (κ3) is 3.14. The highest BCUT2D eigenvalue weighted by molar-refractivity contribution is 6.30. The summed E-state index contributed by atoms with van der Waals surface area (Å²) in [4.78, 5) is 9.61. The van der Waals surface area contributed by atoms with E-state index in [1.807, 2.05) is 36.4 Å². The van der Waals surface area contributed by atoms with Gasteiger partial charge in [0.15, 0.2) is 0 Å². The number of aryl methyl sites for hydroxylation is 1. The first-order chi connectivity index (χ1) is 15.2. The van der Waals surface area contributed by atoms with Gasteiger partial charge in [0.2, 0.25) is 0 Å². The maximum atomic E-state index is 7.00. The molecule has 2 N–H and O–H groups in total. The smallest absolute Gasteiger partial charge is 0.145 e. The minimum atomic E-state index is -0.197. The lowest BCUT2D eigenvalue weighted by Crippen LogP contribution is -2.25. The fourth-order valence-electron chi connectivity index (χ4n) is 4.21. The van der Waals surface area contributed by atoms with Gasteiger partial charge in [-0.3, -0.25) is 4.57 Å². The summed E-state index contributed by atoms with van der Waals surface area (Å²) in [7, 11) is 1.00. The molecule has 5 aromatic rings. The Balaban J connectivity index is 0.000000994. The topological polar surface area (TPSA) is 63.0 Å². The van der Waals surface area contributed by atoms with Gasteiger partial charge in [-0.2, -0.15) is 0 Å². The molecule has 0 fully saturated rings. The van der Waals surface area contributed by atoms with Crippen molar-refractivity contribution < 1.29 is 5.11 Å². The maximum Gasteiger partial charge on any atom is 0.145 e. The summed E-state index contributed by atoms with van der Waals surface area (Å²) in [6.45, 7) is 2.09. The van der Waals surface area contributed by atoms with Crippen molar-refractivity contribution >= 4 is 39.2 Å². The molecular formula is C25H21ClN4O. The fraction of sp³-hybridized carbons (Fsp3) is 0.120. The number of halogens is 1. The minimum Gasteiger partial charge on any atom is -0.400 e. The predicted octanol–water partition coefficient (Wildman–Crippen LogP) is 5.79. The van der Waals surface area contributed by atoms with Crippen molar-refractivity contribution in [2.75, 3.05) is 12.4 Å². The molecule has 5 nitrogen and oxygen atoms in total. The monoisotopic (exact) mass is 428 g/mol. The number of rotatable bonds is 1. The normalized spacial score (nSPS) is 14.4. The molecule has 2 aromatic heterocycles. The van der Waals surface area contributed by atoms with E-state index in [1.165, 1.54) is 5.56 Å². The number of aliphatic hydroxyl groups excluding tert-OH is 1. The van der Waals surface area contributed by atoms with Crippen molar-refractivity contribution in [3.05, 3.63) is 89.1 Å². The van der Waals surface area contributed by atoms with Gasteiger partial charge in [-0.1, -0.05) is 47.5 Å². The Morgan fingerprint density at radius 3 is 2.55 bits per heavy atom. The van der Waals surface area contributed by atoms with Gasteiger partial charge in [0.05, 0.1) is 16.6 Å². The van der Waals surface area contributed by atoms with Gasteiger partial charge in [0.25, 0.3) is 0 Å². The Bertz CT molecular complexity index is 1430. The van der Waals surface area contributed by atoms with Gasteiger partial charge in [-0.05, 0) is 49.4 Å². The third-order valence-corrected chi connectivity index (χ3v) is 5.86. The molecule has 154 valence electrons. The van der Waals surface area contributed by atoms with E-state index < -0.39 is 0 Å². The number of aliphatic hydroxyl groups is 1. The lowest BCUT2D eigenvalue weighted by molar-refractivity contribution is 0.399. The average Bonchev–Trinajstić information content (AvgIpc) is 3.20. The van der Waals surface area contributed by atoms with Crippen LogP contribution in [0.3, 0.4) is 0 Å². The van der Waals surface area contributed by atoms with E-state index in [1.54, 1.807) is 0 Å². The van der Waals surface area contributed by atoms with E-state index in [0.29, 0.717) is 5.15 Å². The number of benzene rings is 3. The standard InChI is InChI=1S/C24H17ClN4.CH4O/c1-14-10-11-18-15(12-14)13-17(22(25)26-18)24-27-19-7-3-2-6-16(19)23-28-20-8-4-5-9-21(20)29(23)24;1-2/h2-13,24,27H,1H3;2H,1H3/t24-;/m0./s1. The molecule has 3 aromatic carbocycles. The van der Waals surface area contributed by atoms with Crippen molar-refractivity contribution in [3.8, 4) is 11.4 Å². The molecule has 0 amide bonds. The van der Waals surface area contributed by atoms with Crippen LogP contribution in [0.2, 0.25) is 5.15 Å². The molecule has 0 saturated heterocycles. The minimum absolute atomic E-state index is 0.197. The number of aromatic nitrogens is 3. The van der Waals surface area contributed by atoms with Crippen molar-refractivity contribution in [1.29, 1.82) is 0 Å². The van der Waals surface area contributed by atoms with Crippen molar-refractivity contribution in [3.63, 3.8) is 0 Å². The highest BCUT2D eigenvalue weighted by Crippen LogP contribution is 2.42. The van der Waals surface area contributed by atoms with E-state index >= 15 is 0 Å². The Labute approximate surface area is 185 Å².